The Morgan fingerprint density at radius 3 is 3.06 bits per heavy atom. The first-order valence-electron chi connectivity index (χ1n) is 7.25. The first-order valence-corrected chi connectivity index (χ1v) is 7.25. The average molecular weight is 238 g/mol. The van der Waals surface area contributed by atoms with Crippen LogP contribution in [-0.4, -0.2) is 36.5 Å². The molecule has 0 aromatic heterocycles. The van der Waals surface area contributed by atoms with Crippen LogP contribution in [0.3, 0.4) is 0 Å². The number of piperidine rings is 1. The van der Waals surface area contributed by atoms with Gasteiger partial charge in [0.05, 0.1) is 0 Å². The van der Waals surface area contributed by atoms with Crippen LogP contribution in [0.2, 0.25) is 0 Å². The Morgan fingerprint density at radius 2 is 2.29 bits per heavy atom. The molecule has 3 unspecified atom stereocenters. The second-order valence-corrected chi connectivity index (χ2v) is 5.70. The van der Waals surface area contributed by atoms with Crippen molar-refractivity contribution in [3.63, 3.8) is 0 Å². The predicted molar refractivity (Wildman–Crippen MR) is 69.8 cm³/mol. The Labute approximate surface area is 105 Å². The smallest absolute Gasteiger partial charge is 0.225 e. The summed E-state index contributed by atoms with van der Waals surface area (Å²) >= 11 is 0. The third kappa shape index (κ3) is 2.82. The van der Waals surface area contributed by atoms with E-state index in [1.807, 2.05) is 0 Å². The second kappa shape index (κ2) is 5.85. The van der Waals surface area contributed by atoms with Crippen LogP contribution >= 0.6 is 0 Å². The number of likely N-dealkylation sites (tertiary alicyclic amines) is 1. The summed E-state index contributed by atoms with van der Waals surface area (Å²) in [6, 6.07) is 0.486. The number of amides is 1. The van der Waals surface area contributed by atoms with Gasteiger partial charge in [-0.05, 0) is 25.2 Å². The molecule has 2 fully saturated rings. The Bertz CT molecular complexity index is 267. The number of fused-ring (bicyclic) bond motifs is 1. The molecule has 1 N–H and O–H groups in total. The Kier molecular flexibility index (Phi) is 4.43. The molecule has 0 aromatic rings. The fourth-order valence-electron chi connectivity index (χ4n) is 3.26. The van der Waals surface area contributed by atoms with Gasteiger partial charge in [0, 0.05) is 31.6 Å². The number of unbranched alkanes of at least 4 members (excludes halogenated alkanes) is 1. The Balaban J connectivity index is 1.93. The average Bonchev–Trinajstić information content (AvgIpc) is 2.82. The number of nitrogens with zero attached hydrogens (tertiary/aromatic N) is 1. The predicted octanol–water partition coefficient (Wildman–Crippen LogP) is 2.02. The highest BCUT2D eigenvalue weighted by molar-refractivity contribution is 5.79. The van der Waals surface area contributed by atoms with Crippen molar-refractivity contribution < 1.29 is 4.79 Å². The van der Waals surface area contributed by atoms with E-state index in [9.17, 15) is 4.79 Å². The number of hydrogen-bond donors (Lipinski definition) is 1. The van der Waals surface area contributed by atoms with E-state index >= 15 is 0 Å². The molecule has 2 aliphatic heterocycles. The molecule has 2 aliphatic rings. The fourth-order valence-corrected chi connectivity index (χ4v) is 3.26. The lowest BCUT2D eigenvalue weighted by atomic mass is 9.90. The Morgan fingerprint density at radius 1 is 1.47 bits per heavy atom. The van der Waals surface area contributed by atoms with E-state index in [1.165, 1.54) is 25.7 Å². The van der Waals surface area contributed by atoms with Gasteiger partial charge in [-0.2, -0.15) is 0 Å². The van der Waals surface area contributed by atoms with E-state index < -0.39 is 0 Å². The highest BCUT2D eigenvalue weighted by Crippen LogP contribution is 2.28. The van der Waals surface area contributed by atoms with Crippen LogP contribution in [0.5, 0.6) is 0 Å². The van der Waals surface area contributed by atoms with Gasteiger partial charge in [0.25, 0.3) is 0 Å². The van der Waals surface area contributed by atoms with E-state index in [0.717, 1.165) is 26.1 Å². The lowest BCUT2D eigenvalue weighted by Gasteiger charge is -2.38. The molecule has 0 radical (unpaired) electrons. The van der Waals surface area contributed by atoms with Crippen molar-refractivity contribution in [2.75, 3.05) is 19.6 Å². The molecule has 0 bridgehead atoms. The minimum atomic E-state index is 0.217. The van der Waals surface area contributed by atoms with Crippen LogP contribution < -0.4 is 5.32 Å². The van der Waals surface area contributed by atoms with Crippen LogP contribution in [-0.2, 0) is 4.79 Å². The maximum atomic E-state index is 12.4. The molecule has 2 heterocycles. The van der Waals surface area contributed by atoms with Crippen LogP contribution in [0.25, 0.3) is 0 Å². The number of hydrogen-bond acceptors (Lipinski definition) is 2. The molecule has 17 heavy (non-hydrogen) atoms. The largest absolute Gasteiger partial charge is 0.338 e. The van der Waals surface area contributed by atoms with Gasteiger partial charge in [-0.3, -0.25) is 4.79 Å². The normalized spacial score (nSPS) is 30.1. The maximum Gasteiger partial charge on any atom is 0.225 e. The summed E-state index contributed by atoms with van der Waals surface area (Å²) in [5.41, 5.74) is 0. The second-order valence-electron chi connectivity index (χ2n) is 5.70. The van der Waals surface area contributed by atoms with Gasteiger partial charge in [0.15, 0.2) is 0 Å². The molecule has 2 rings (SSSR count). The lowest BCUT2D eigenvalue weighted by molar-refractivity contribution is -0.139. The van der Waals surface area contributed by atoms with E-state index in [0.29, 0.717) is 17.9 Å². The van der Waals surface area contributed by atoms with Crippen LogP contribution in [0.1, 0.15) is 46.0 Å². The van der Waals surface area contributed by atoms with Crippen molar-refractivity contribution in [1.82, 2.24) is 10.2 Å². The first kappa shape index (κ1) is 12.9. The Hall–Kier alpha value is -0.570. The van der Waals surface area contributed by atoms with Crippen molar-refractivity contribution >= 4 is 5.91 Å². The molecule has 2 saturated heterocycles. The molecular weight excluding hydrogens is 212 g/mol. The van der Waals surface area contributed by atoms with Crippen molar-refractivity contribution in [3.8, 4) is 0 Å². The van der Waals surface area contributed by atoms with Crippen LogP contribution in [0.4, 0.5) is 0 Å². The monoisotopic (exact) mass is 238 g/mol. The van der Waals surface area contributed by atoms with Gasteiger partial charge < -0.3 is 10.2 Å². The van der Waals surface area contributed by atoms with Gasteiger partial charge in [-0.1, -0.05) is 26.7 Å². The van der Waals surface area contributed by atoms with Crippen LogP contribution in [0, 0.1) is 11.8 Å². The van der Waals surface area contributed by atoms with Crippen molar-refractivity contribution in [1.29, 1.82) is 0 Å². The zero-order chi connectivity index (χ0) is 12.3. The van der Waals surface area contributed by atoms with E-state index in [-0.39, 0.29) is 5.92 Å². The maximum absolute atomic E-state index is 12.4. The molecule has 3 atom stereocenters. The zero-order valence-electron chi connectivity index (χ0n) is 11.2. The lowest BCUT2D eigenvalue weighted by Crippen LogP contribution is -2.50. The molecule has 0 aromatic carbocycles. The highest BCUT2D eigenvalue weighted by atomic mass is 16.2. The van der Waals surface area contributed by atoms with Crippen molar-refractivity contribution in [2.24, 2.45) is 11.8 Å². The summed E-state index contributed by atoms with van der Waals surface area (Å²) in [6.45, 7) is 7.39. The molecular formula is C14H26N2O. The van der Waals surface area contributed by atoms with E-state index in [4.69, 9.17) is 0 Å². The van der Waals surface area contributed by atoms with Crippen LogP contribution in [0.15, 0.2) is 0 Å². The summed E-state index contributed by atoms with van der Waals surface area (Å²) in [6.07, 6.45) is 5.90. The van der Waals surface area contributed by atoms with Crippen molar-refractivity contribution in [3.05, 3.63) is 0 Å². The zero-order valence-corrected chi connectivity index (χ0v) is 11.2. The molecule has 3 nitrogen and oxygen atoms in total. The number of carbonyl (C=O) groups excluding carboxylic acids is 1. The van der Waals surface area contributed by atoms with Gasteiger partial charge in [0.2, 0.25) is 5.91 Å². The van der Waals surface area contributed by atoms with Gasteiger partial charge in [-0.25, -0.2) is 0 Å². The third-order valence-electron chi connectivity index (χ3n) is 4.37. The number of rotatable bonds is 4. The quantitative estimate of drug-likeness (QED) is 0.812. The van der Waals surface area contributed by atoms with Gasteiger partial charge in [0.1, 0.15) is 0 Å². The summed E-state index contributed by atoms with van der Waals surface area (Å²) in [4.78, 5) is 14.6. The number of nitrogens with one attached hydrogen (secondary N) is 1. The van der Waals surface area contributed by atoms with E-state index in [1.54, 1.807) is 0 Å². The minimum absolute atomic E-state index is 0.217. The summed E-state index contributed by atoms with van der Waals surface area (Å²) < 4.78 is 0. The fraction of sp³-hybridized carbons (Fsp3) is 0.929. The molecule has 0 spiro atoms. The summed E-state index contributed by atoms with van der Waals surface area (Å²) in [5.74, 6) is 1.33. The third-order valence-corrected chi connectivity index (χ3v) is 4.37. The van der Waals surface area contributed by atoms with Gasteiger partial charge >= 0.3 is 0 Å². The molecule has 1 amide bonds. The van der Waals surface area contributed by atoms with Gasteiger partial charge in [-0.15, -0.1) is 0 Å². The van der Waals surface area contributed by atoms with Crippen molar-refractivity contribution in [2.45, 2.75) is 52.0 Å². The number of carbonyl (C=O) groups is 1. The topological polar surface area (TPSA) is 32.3 Å². The molecule has 3 heteroatoms. The molecule has 0 aliphatic carbocycles. The minimum Gasteiger partial charge on any atom is -0.338 e. The summed E-state index contributed by atoms with van der Waals surface area (Å²) in [7, 11) is 0. The summed E-state index contributed by atoms with van der Waals surface area (Å²) in [5, 5.41) is 3.44. The highest BCUT2D eigenvalue weighted by Gasteiger charge is 2.38. The first-order chi connectivity index (χ1) is 8.24. The SMILES string of the molecule is CCCCC(C)C(=O)N1CCCC2CNCC21. The van der Waals surface area contributed by atoms with E-state index in [2.05, 4.69) is 24.1 Å². The molecule has 0 saturated carbocycles. The standard InChI is InChI=1S/C14H26N2O/c1-3-4-6-11(2)14(17)16-8-5-7-12-9-15-10-13(12)16/h11-13,15H,3-10H2,1-2H3. The molecule has 98 valence electrons.